The molecule has 0 aliphatic heterocycles. The Labute approximate surface area is 102 Å². The number of aromatic nitrogens is 4. The lowest BCUT2D eigenvalue weighted by Gasteiger charge is -2.11. The quantitative estimate of drug-likeness (QED) is 0.816. The van der Waals surface area contributed by atoms with Gasteiger partial charge >= 0.3 is 0 Å². The van der Waals surface area contributed by atoms with Crippen molar-refractivity contribution in [3.63, 3.8) is 0 Å². The van der Waals surface area contributed by atoms with Gasteiger partial charge in [-0.1, -0.05) is 11.2 Å². The van der Waals surface area contributed by atoms with Crippen molar-refractivity contribution in [3.05, 3.63) is 23.8 Å². The number of H-pyrrole nitrogens is 1. The van der Waals surface area contributed by atoms with E-state index in [4.69, 9.17) is 9.47 Å². The maximum atomic E-state index is 12.0. The Hall–Kier alpha value is -2.64. The third kappa shape index (κ3) is 2.21. The van der Waals surface area contributed by atoms with E-state index in [1.807, 2.05) is 0 Å². The molecule has 18 heavy (non-hydrogen) atoms. The van der Waals surface area contributed by atoms with Gasteiger partial charge in [0.1, 0.15) is 0 Å². The molecule has 0 radical (unpaired) electrons. The number of aromatic amines is 1. The zero-order valence-electron chi connectivity index (χ0n) is 9.80. The third-order valence-electron chi connectivity index (χ3n) is 2.22. The van der Waals surface area contributed by atoms with Crippen molar-refractivity contribution in [1.82, 2.24) is 20.6 Å². The fraction of sp³-hybridized carbons (Fsp3) is 0.200. The molecule has 0 saturated heterocycles. The van der Waals surface area contributed by atoms with Gasteiger partial charge in [-0.05, 0) is 22.6 Å². The predicted octanol–water partition coefficient (Wildman–Crippen LogP) is 0.469. The van der Waals surface area contributed by atoms with E-state index in [-0.39, 0.29) is 5.95 Å². The summed E-state index contributed by atoms with van der Waals surface area (Å²) in [6, 6.07) is 5.00. The molecule has 0 saturated carbocycles. The lowest BCUT2D eigenvalue weighted by Crippen LogP contribution is -2.14. The summed E-state index contributed by atoms with van der Waals surface area (Å²) < 4.78 is 10.3. The van der Waals surface area contributed by atoms with Crippen molar-refractivity contribution in [2.45, 2.75) is 0 Å². The lowest BCUT2D eigenvalue weighted by atomic mass is 10.1. The van der Waals surface area contributed by atoms with E-state index in [1.54, 1.807) is 18.2 Å². The van der Waals surface area contributed by atoms with Crippen LogP contribution in [-0.2, 0) is 0 Å². The Morgan fingerprint density at radius 2 is 2.17 bits per heavy atom. The number of rotatable bonds is 4. The van der Waals surface area contributed by atoms with Gasteiger partial charge in [0.15, 0.2) is 11.5 Å². The molecule has 1 aromatic heterocycles. The molecule has 0 atom stereocenters. The van der Waals surface area contributed by atoms with E-state index >= 15 is 0 Å². The Balaban J connectivity index is 2.29. The van der Waals surface area contributed by atoms with Crippen LogP contribution in [0.2, 0.25) is 0 Å². The van der Waals surface area contributed by atoms with Gasteiger partial charge in [-0.25, -0.2) is 5.10 Å². The molecule has 0 bridgehead atoms. The standard InChI is InChI=1S/C10H11N5O3/c1-17-7-5-3-4-6(8(7)18-2)9(16)11-10-12-14-15-13-10/h3-5H,1-2H3,(H2,11,12,13,14,15,16). The van der Waals surface area contributed by atoms with Gasteiger partial charge in [0.25, 0.3) is 5.91 Å². The van der Waals surface area contributed by atoms with Crippen molar-refractivity contribution in [1.29, 1.82) is 0 Å². The highest BCUT2D eigenvalue weighted by molar-refractivity contribution is 6.05. The fourth-order valence-electron chi connectivity index (χ4n) is 1.45. The molecule has 2 N–H and O–H groups in total. The minimum absolute atomic E-state index is 0.157. The average molecular weight is 249 g/mol. The van der Waals surface area contributed by atoms with Crippen LogP contribution >= 0.6 is 0 Å². The molecule has 1 aromatic carbocycles. The summed E-state index contributed by atoms with van der Waals surface area (Å²) >= 11 is 0. The number of nitrogens with zero attached hydrogens (tertiary/aromatic N) is 3. The number of anilines is 1. The third-order valence-corrected chi connectivity index (χ3v) is 2.22. The number of benzene rings is 1. The van der Waals surface area contributed by atoms with E-state index in [1.165, 1.54) is 14.2 Å². The minimum Gasteiger partial charge on any atom is -0.493 e. The van der Waals surface area contributed by atoms with Crippen LogP contribution in [-0.4, -0.2) is 40.8 Å². The van der Waals surface area contributed by atoms with E-state index in [9.17, 15) is 4.79 Å². The predicted molar refractivity (Wildman–Crippen MR) is 61.7 cm³/mol. The second kappa shape index (κ2) is 5.13. The average Bonchev–Trinajstić information content (AvgIpc) is 2.90. The smallest absolute Gasteiger partial charge is 0.261 e. The Kier molecular flexibility index (Phi) is 3.37. The number of nitrogens with one attached hydrogen (secondary N) is 2. The minimum atomic E-state index is -0.399. The van der Waals surface area contributed by atoms with Gasteiger partial charge in [0.05, 0.1) is 19.8 Å². The zero-order chi connectivity index (χ0) is 13.0. The summed E-state index contributed by atoms with van der Waals surface area (Å²) in [5, 5.41) is 15.2. The lowest BCUT2D eigenvalue weighted by molar-refractivity contribution is 0.102. The first-order chi connectivity index (χ1) is 8.76. The van der Waals surface area contributed by atoms with Crippen molar-refractivity contribution in [3.8, 4) is 11.5 Å². The van der Waals surface area contributed by atoms with Gasteiger partial charge in [-0.3, -0.25) is 10.1 Å². The van der Waals surface area contributed by atoms with Gasteiger partial charge in [0.2, 0.25) is 5.95 Å². The largest absolute Gasteiger partial charge is 0.493 e. The fourth-order valence-corrected chi connectivity index (χ4v) is 1.45. The normalized spacial score (nSPS) is 9.89. The molecule has 0 unspecified atom stereocenters. The van der Waals surface area contributed by atoms with Crippen LogP contribution in [0.4, 0.5) is 5.95 Å². The summed E-state index contributed by atoms with van der Waals surface area (Å²) in [6.45, 7) is 0. The summed E-state index contributed by atoms with van der Waals surface area (Å²) in [6.07, 6.45) is 0. The maximum absolute atomic E-state index is 12.0. The molecule has 2 aromatic rings. The summed E-state index contributed by atoms with van der Waals surface area (Å²) in [7, 11) is 2.96. The van der Waals surface area contributed by atoms with Crippen LogP contribution < -0.4 is 14.8 Å². The second-order valence-electron chi connectivity index (χ2n) is 3.25. The first kappa shape index (κ1) is 11.8. The number of carbonyl (C=O) groups is 1. The number of methoxy groups -OCH3 is 2. The molecule has 0 aliphatic rings. The number of tetrazole rings is 1. The number of ether oxygens (including phenoxy) is 2. The van der Waals surface area contributed by atoms with Crippen LogP contribution in [0.3, 0.4) is 0 Å². The Morgan fingerprint density at radius 1 is 1.33 bits per heavy atom. The molecule has 0 aliphatic carbocycles. The highest BCUT2D eigenvalue weighted by atomic mass is 16.5. The SMILES string of the molecule is COc1cccc(C(=O)Nc2nnn[nH]2)c1OC. The highest BCUT2D eigenvalue weighted by Crippen LogP contribution is 2.30. The maximum Gasteiger partial charge on any atom is 0.261 e. The summed E-state index contributed by atoms with van der Waals surface area (Å²) in [5.41, 5.74) is 0.327. The van der Waals surface area contributed by atoms with Crippen LogP contribution in [0, 0.1) is 0 Å². The van der Waals surface area contributed by atoms with Crippen LogP contribution in [0.1, 0.15) is 10.4 Å². The molecule has 94 valence electrons. The van der Waals surface area contributed by atoms with Crippen LogP contribution in [0.25, 0.3) is 0 Å². The molecule has 2 rings (SSSR count). The van der Waals surface area contributed by atoms with Crippen LogP contribution in [0.15, 0.2) is 18.2 Å². The molecular weight excluding hydrogens is 238 g/mol. The van der Waals surface area contributed by atoms with Crippen LogP contribution in [0.5, 0.6) is 11.5 Å². The molecule has 8 heteroatoms. The highest BCUT2D eigenvalue weighted by Gasteiger charge is 2.17. The molecule has 1 amide bonds. The van der Waals surface area contributed by atoms with E-state index in [0.29, 0.717) is 17.1 Å². The number of carbonyl (C=O) groups excluding carboxylic acids is 1. The number of para-hydroxylation sites is 1. The molecule has 1 heterocycles. The van der Waals surface area contributed by atoms with Crippen molar-refractivity contribution in [2.24, 2.45) is 0 Å². The zero-order valence-corrected chi connectivity index (χ0v) is 9.80. The van der Waals surface area contributed by atoms with E-state index < -0.39 is 5.91 Å². The van der Waals surface area contributed by atoms with Gasteiger partial charge in [0, 0.05) is 0 Å². The Morgan fingerprint density at radius 3 is 2.78 bits per heavy atom. The molecule has 8 nitrogen and oxygen atoms in total. The van der Waals surface area contributed by atoms with Gasteiger partial charge < -0.3 is 9.47 Å². The van der Waals surface area contributed by atoms with Crippen molar-refractivity contribution >= 4 is 11.9 Å². The number of hydrogen-bond acceptors (Lipinski definition) is 6. The van der Waals surface area contributed by atoms with Crippen molar-refractivity contribution in [2.75, 3.05) is 19.5 Å². The molecular formula is C10H11N5O3. The molecule has 0 fully saturated rings. The topological polar surface area (TPSA) is 102 Å². The molecule has 0 spiro atoms. The summed E-state index contributed by atoms with van der Waals surface area (Å²) in [5.74, 6) is 0.583. The second-order valence-corrected chi connectivity index (χ2v) is 3.25. The summed E-state index contributed by atoms with van der Waals surface area (Å²) in [4.78, 5) is 12.0. The first-order valence-electron chi connectivity index (χ1n) is 5.02. The Bertz CT molecular complexity index is 540. The van der Waals surface area contributed by atoms with Gasteiger partial charge in [-0.2, -0.15) is 0 Å². The van der Waals surface area contributed by atoms with E-state index in [0.717, 1.165) is 0 Å². The monoisotopic (exact) mass is 249 g/mol. The van der Waals surface area contributed by atoms with Crippen molar-refractivity contribution < 1.29 is 14.3 Å². The number of amides is 1. The van der Waals surface area contributed by atoms with E-state index in [2.05, 4.69) is 25.9 Å². The number of hydrogen-bond donors (Lipinski definition) is 2. The van der Waals surface area contributed by atoms with Gasteiger partial charge in [-0.15, -0.1) is 0 Å². The first-order valence-corrected chi connectivity index (χ1v) is 5.02.